The van der Waals surface area contributed by atoms with E-state index in [9.17, 15) is 0 Å². The number of rotatable bonds is 6. The Morgan fingerprint density at radius 1 is 1.23 bits per heavy atom. The Morgan fingerprint density at radius 2 is 2.03 bits per heavy atom. The molecule has 3 nitrogen and oxygen atoms in total. The molecule has 0 spiro atoms. The largest absolute Gasteiger partial charge is 0.481 e. The van der Waals surface area contributed by atoms with Gasteiger partial charge in [0.15, 0.2) is 0 Å². The average Bonchev–Trinajstić information content (AvgIpc) is 3.27. The molecule has 152 valence electrons. The summed E-state index contributed by atoms with van der Waals surface area (Å²) in [6, 6.07) is 14.6. The predicted octanol–water partition coefficient (Wildman–Crippen LogP) is 6.59. The summed E-state index contributed by atoms with van der Waals surface area (Å²) in [5.41, 5.74) is 4.28. The molecule has 30 heavy (non-hydrogen) atoms. The van der Waals surface area contributed by atoms with E-state index in [1.807, 2.05) is 23.9 Å². The number of hydrogen-bond acceptors (Lipinski definition) is 4. The van der Waals surface area contributed by atoms with E-state index in [2.05, 4.69) is 60.7 Å². The van der Waals surface area contributed by atoms with Crippen LogP contribution >= 0.6 is 24.0 Å². The Labute approximate surface area is 187 Å². The molecule has 5 heteroatoms. The van der Waals surface area contributed by atoms with Crippen LogP contribution in [0.3, 0.4) is 0 Å². The van der Waals surface area contributed by atoms with E-state index in [4.69, 9.17) is 28.4 Å². The second-order valence-electron chi connectivity index (χ2n) is 7.59. The molecule has 0 bridgehead atoms. The lowest BCUT2D eigenvalue weighted by Crippen LogP contribution is -2.07. The van der Waals surface area contributed by atoms with E-state index >= 15 is 0 Å². The average molecular weight is 433 g/mol. The number of aromatic nitrogens is 2. The molecule has 2 aromatic carbocycles. The number of hydrogen-bond donors (Lipinski definition) is 0. The Bertz CT molecular complexity index is 1200. The van der Waals surface area contributed by atoms with Gasteiger partial charge < -0.3 is 9.30 Å². The molecule has 0 N–H and O–H groups in total. The summed E-state index contributed by atoms with van der Waals surface area (Å²) in [7, 11) is 0. The fourth-order valence-electron chi connectivity index (χ4n) is 3.61. The fraction of sp³-hybridized carbons (Fsp3) is 0.280. The van der Waals surface area contributed by atoms with Gasteiger partial charge in [0.1, 0.15) is 12.4 Å². The third-order valence-electron chi connectivity index (χ3n) is 5.22. The van der Waals surface area contributed by atoms with Crippen LogP contribution < -0.4 is 4.74 Å². The van der Waals surface area contributed by atoms with Gasteiger partial charge in [0, 0.05) is 21.6 Å². The number of terminal acetylenes is 1. The standard InChI is InChI=1S/C25H24N2OS2/c1-4-13-28-20-11-12-23-22(15-20)24(19-9-7-18(8-10-19)17(2)3)26-25(29)27(23)16-21-6-5-14-30-21/h1,6-12,15,17H,5,13-14,16H2,2-3H3. The van der Waals surface area contributed by atoms with Crippen molar-refractivity contribution >= 4 is 34.9 Å². The van der Waals surface area contributed by atoms with Gasteiger partial charge in [0.25, 0.3) is 0 Å². The topological polar surface area (TPSA) is 27.1 Å². The zero-order chi connectivity index (χ0) is 21.1. The molecule has 2 heterocycles. The molecule has 1 aromatic heterocycles. The van der Waals surface area contributed by atoms with Gasteiger partial charge in [-0.25, -0.2) is 4.98 Å². The highest BCUT2D eigenvalue weighted by Gasteiger charge is 2.15. The van der Waals surface area contributed by atoms with Gasteiger partial charge >= 0.3 is 0 Å². The molecular weight excluding hydrogens is 408 g/mol. The molecule has 1 aliphatic rings. The second kappa shape index (κ2) is 9.07. The molecule has 0 aliphatic carbocycles. The minimum absolute atomic E-state index is 0.236. The lowest BCUT2D eigenvalue weighted by atomic mass is 9.99. The zero-order valence-corrected chi connectivity index (χ0v) is 18.9. The van der Waals surface area contributed by atoms with Crippen molar-refractivity contribution in [1.82, 2.24) is 9.55 Å². The van der Waals surface area contributed by atoms with Crippen molar-refractivity contribution in [3.8, 4) is 29.4 Å². The summed E-state index contributed by atoms with van der Waals surface area (Å²) in [6.07, 6.45) is 8.78. The molecule has 3 aromatic rings. The van der Waals surface area contributed by atoms with E-state index in [-0.39, 0.29) is 6.61 Å². The summed E-state index contributed by atoms with van der Waals surface area (Å²) in [5, 5.41) is 1.01. The molecule has 1 aliphatic heterocycles. The number of benzene rings is 2. The van der Waals surface area contributed by atoms with E-state index in [0.717, 1.165) is 46.6 Å². The molecule has 4 rings (SSSR count). The van der Waals surface area contributed by atoms with E-state index in [0.29, 0.717) is 10.7 Å². The third-order valence-corrected chi connectivity index (χ3v) is 6.63. The lowest BCUT2D eigenvalue weighted by Gasteiger charge is -2.16. The van der Waals surface area contributed by atoms with Crippen molar-refractivity contribution < 1.29 is 4.74 Å². The van der Waals surface area contributed by atoms with Crippen molar-refractivity contribution in [2.75, 3.05) is 12.4 Å². The van der Waals surface area contributed by atoms with Crippen LogP contribution in [0.4, 0.5) is 0 Å². The number of nitrogens with zero attached hydrogens (tertiary/aromatic N) is 2. The lowest BCUT2D eigenvalue weighted by molar-refractivity contribution is 0.371. The van der Waals surface area contributed by atoms with Crippen LogP contribution in [-0.4, -0.2) is 21.9 Å². The van der Waals surface area contributed by atoms with E-state index in [1.165, 1.54) is 10.5 Å². The Hall–Kier alpha value is -2.55. The molecule has 0 saturated carbocycles. The molecule has 0 amide bonds. The monoisotopic (exact) mass is 432 g/mol. The summed E-state index contributed by atoms with van der Waals surface area (Å²) in [6.45, 7) is 5.38. The summed E-state index contributed by atoms with van der Waals surface area (Å²) in [5.74, 6) is 4.88. The maximum absolute atomic E-state index is 5.73. The predicted molar refractivity (Wildman–Crippen MR) is 130 cm³/mol. The third kappa shape index (κ3) is 4.30. The summed E-state index contributed by atoms with van der Waals surface area (Å²) < 4.78 is 8.40. The minimum Gasteiger partial charge on any atom is -0.481 e. The van der Waals surface area contributed by atoms with Crippen LogP contribution in [0.25, 0.3) is 22.2 Å². The van der Waals surface area contributed by atoms with Gasteiger partial charge in [-0.3, -0.25) is 0 Å². The molecule has 0 atom stereocenters. The number of ether oxygens (including phenoxy) is 1. The smallest absolute Gasteiger partial charge is 0.200 e. The normalized spacial score (nSPS) is 13.5. The molecular formula is C25H24N2OS2. The number of fused-ring (bicyclic) bond motifs is 1. The molecule has 0 fully saturated rings. The summed E-state index contributed by atoms with van der Waals surface area (Å²) >= 11 is 7.62. The Balaban J connectivity index is 1.87. The van der Waals surface area contributed by atoms with Crippen molar-refractivity contribution in [2.24, 2.45) is 0 Å². The molecule has 0 radical (unpaired) electrons. The van der Waals surface area contributed by atoms with Gasteiger partial charge in [-0.1, -0.05) is 50.1 Å². The highest BCUT2D eigenvalue weighted by Crippen LogP contribution is 2.33. The fourth-order valence-corrected chi connectivity index (χ4v) is 4.82. The second-order valence-corrected chi connectivity index (χ2v) is 9.17. The summed E-state index contributed by atoms with van der Waals surface area (Å²) in [4.78, 5) is 6.20. The van der Waals surface area contributed by atoms with Crippen molar-refractivity contribution in [1.29, 1.82) is 0 Å². The first kappa shape index (κ1) is 20.7. The van der Waals surface area contributed by atoms with Crippen LogP contribution in [-0.2, 0) is 6.54 Å². The number of allylic oxidation sites excluding steroid dienone is 2. The van der Waals surface area contributed by atoms with Crippen molar-refractivity contribution in [3.63, 3.8) is 0 Å². The zero-order valence-electron chi connectivity index (χ0n) is 17.2. The minimum atomic E-state index is 0.236. The Morgan fingerprint density at radius 3 is 2.70 bits per heavy atom. The first-order valence-electron chi connectivity index (χ1n) is 10.1. The number of thioether (sulfide) groups is 1. The van der Waals surface area contributed by atoms with Crippen molar-refractivity contribution in [3.05, 3.63) is 63.8 Å². The first-order valence-corrected chi connectivity index (χ1v) is 11.5. The van der Waals surface area contributed by atoms with Crippen molar-refractivity contribution in [2.45, 2.75) is 32.7 Å². The maximum Gasteiger partial charge on any atom is 0.200 e. The molecule has 0 saturated heterocycles. The van der Waals surface area contributed by atoms with Crippen LogP contribution in [0.15, 0.2) is 53.4 Å². The highest BCUT2D eigenvalue weighted by molar-refractivity contribution is 8.03. The van der Waals surface area contributed by atoms with Gasteiger partial charge in [0.05, 0.1) is 17.8 Å². The molecule has 0 unspecified atom stereocenters. The van der Waals surface area contributed by atoms with Gasteiger partial charge in [-0.2, -0.15) is 0 Å². The SMILES string of the molecule is C#CCOc1ccc2c(c1)c(-c1ccc(C(C)C)cc1)nc(=S)n2CC1=CCCS1. The van der Waals surface area contributed by atoms with Gasteiger partial charge in [-0.05, 0) is 48.3 Å². The van der Waals surface area contributed by atoms with E-state index in [1.54, 1.807) is 0 Å². The quantitative estimate of drug-likeness (QED) is 0.324. The van der Waals surface area contributed by atoms with Crippen LogP contribution in [0.5, 0.6) is 5.75 Å². The van der Waals surface area contributed by atoms with E-state index < -0.39 is 0 Å². The van der Waals surface area contributed by atoms with Gasteiger partial charge in [-0.15, -0.1) is 18.2 Å². The maximum atomic E-state index is 5.73. The first-order chi connectivity index (χ1) is 14.6. The van der Waals surface area contributed by atoms with Gasteiger partial charge in [0.2, 0.25) is 4.77 Å². The Kier molecular flexibility index (Phi) is 6.26. The van der Waals surface area contributed by atoms with Crippen LogP contribution in [0.1, 0.15) is 31.7 Å². The van der Waals surface area contributed by atoms with Crippen LogP contribution in [0, 0.1) is 17.1 Å². The highest BCUT2D eigenvalue weighted by atomic mass is 32.2. The van der Waals surface area contributed by atoms with Crippen LogP contribution in [0.2, 0.25) is 0 Å².